The molecule has 1 heterocycles. The van der Waals surface area contributed by atoms with Crippen LogP contribution in [0.4, 0.5) is 0 Å². The summed E-state index contributed by atoms with van der Waals surface area (Å²) in [6.07, 6.45) is 1.16. The number of halogens is 2. The van der Waals surface area contributed by atoms with Gasteiger partial charge in [0, 0.05) is 20.5 Å². The third-order valence-corrected chi connectivity index (χ3v) is 5.25. The van der Waals surface area contributed by atoms with E-state index in [1.54, 1.807) is 0 Å². The van der Waals surface area contributed by atoms with Crippen molar-refractivity contribution >= 4 is 35.0 Å². The molecular weight excluding hydrogens is 283 g/mol. The number of hydrogen-bond acceptors (Lipinski definition) is 1. The molecule has 1 fully saturated rings. The molecule has 3 rings (SSSR count). The Labute approximate surface area is 121 Å². The molecule has 0 saturated carbocycles. The van der Waals surface area contributed by atoms with Gasteiger partial charge < -0.3 is 0 Å². The Balaban J connectivity index is 1.70. The van der Waals surface area contributed by atoms with Crippen molar-refractivity contribution in [1.82, 2.24) is 0 Å². The second kappa shape index (κ2) is 5.16. The maximum atomic E-state index is 6.02. The van der Waals surface area contributed by atoms with Crippen LogP contribution in [0.2, 0.25) is 10.0 Å². The van der Waals surface area contributed by atoms with Crippen LogP contribution in [-0.4, -0.2) is 0 Å². The summed E-state index contributed by atoms with van der Waals surface area (Å²) in [5.41, 5.74) is 2.65. The summed E-state index contributed by atoms with van der Waals surface area (Å²) in [5, 5.41) is 2.76. The van der Waals surface area contributed by atoms with Crippen LogP contribution in [0.3, 0.4) is 0 Å². The second-order valence-electron chi connectivity index (χ2n) is 4.46. The summed E-state index contributed by atoms with van der Waals surface area (Å²) in [4.78, 5) is 0. The quantitative estimate of drug-likeness (QED) is 0.663. The molecule has 1 aliphatic rings. The molecule has 2 unspecified atom stereocenters. The van der Waals surface area contributed by atoms with E-state index in [9.17, 15) is 0 Å². The van der Waals surface area contributed by atoms with Crippen LogP contribution in [0.25, 0.3) is 0 Å². The molecule has 0 radical (unpaired) electrons. The van der Waals surface area contributed by atoms with Crippen molar-refractivity contribution in [2.45, 2.75) is 16.9 Å². The summed E-state index contributed by atoms with van der Waals surface area (Å²) >= 11 is 14.0. The van der Waals surface area contributed by atoms with Gasteiger partial charge in [0.2, 0.25) is 0 Å². The van der Waals surface area contributed by atoms with E-state index >= 15 is 0 Å². The van der Waals surface area contributed by atoms with Crippen LogP contribution in [0, 0.1) is 0 Å². The number of thioether (sulfide) groups is 1. The zero-order valence-corrected chi connectivity index (χ0v) is 12.0. The molecule has 2 aromatic carbocycles. The zero-order valence-electron chi connectivity index (χ0n) is 9.64. The molecule has 0 N–H and O–H groups in total. The smallest absolute Gasteiger partial charge is 0.0409 e. The largest absolute Gasteiger partial charge is 0.145 e. The van der Waals surface area contributed by atoms with Crippen LogP contribution >= 0.6 is 35.0 Å². The molecule has 0 amide bonds. The van der Waals surface area contributed by atoms with Gasteiger partial charge in [0.25, 0.3) is 0 Å². The Hall–Kier alpha value is -0.630. The Kier molecular flexibility index (Phi) is 3.56. The highest BCUT2D eigenvalue weighted by Crippen LogP contribution is 2.57. The highest BCUT2D eigenvalue weighted by Gasteiger charge is 2.32. The molecular formula is C15H12Cl2S. The van der Waals surface area contributed by atoms with E-state index in [-0.39, 0.29) is 0 Å². The summed E-state index contributed by atoms with van der Waals surface area (Å²) in [7, 11) is 0. The fourth-order valence-electron chi connectivity index (χ4n) is 2.22. The average molecular weight is 295 g/mol. The van der Waals surface area contributed by atoms with Gasteiger partial charge in [0.15, 0.2) is 0 Å². The first-order chi connectivity index (χ1) is 8.72. The molecule has 0 spiro atoms. The predicted octanol–water partition coefficient (Wildman–Crippen LogP) is 5.91. The molecule has 0 nitrogen and oxygen atoms in total. The number of rotatable bonds is 2. The van der Waals surface area contributed by atoms with Crippen molar-refractivity contribution in [3.63, 3.8) is 0 Å². The van der Waals surface area contributed by atoms with Crippen LogP contribution in [0.15, 0.2) is 48.5 Å². The Morgan fingerprint density at radius 3 is 1.67 bits per heavy atom. The molecule has 3 heteroatoms. The maximum Gasteiger partial charge on any atom is 0.0409 e. The Bertz CT molecular complexity index is 512. The van der Waals surface area contributed by atoms with Gasteiger partial charge in [0.05, 0.1) is 0 Å². The van der Waals surface area contributed by atoms with Gasteiger partial charge in [-0.1, -0.05) is 47.5 Å². The first kappa shape index (κ1) is 12.4. The predicted molar refractivity (Wildman–Crippen MR) is 80.6 cm³/mol. The lowest BCUT2D eigenvalue weighted by molar-refractivity contribution is 0.720. The molecule has 18 heavy (non-hydrogen) atoms. The van der Waals surface area contributed by atoms with Gasteiger partial charge in [-0.2, -0.15) is 0 Å². The lowest BCUT2D eigenvalue weighted by Gasteiger charge is -2.35. The van der Waals surface area contributed by atoms with E-state index in [2.05, 4.69) is 24.3 Å². The van der Waals surface area contributed by atoms with Crippen molar-refractivity contribution < 1.29 is 0 Å². The minimum absolute atomic E-state index is 0.563. The van der Waals surface area contributed by atoms with E-state index in [0.29, 0.717) is 10.5 Å². The van der Waals surface area contributed by atoms with E-state index in [1.165, 1.54) is 11.1 Å². The molecule has 0 aliphatic carbocycles. The molecule has 2 aromatic rings. The number of hydrogen-bond donors (Lipinski definition) is 0. The molecule has 1 saturated heterocycles. The van der Waals surface area contributed by atoms with Crippen LogP contribution in [0.1, 0.15) is 28.0 Å². The lowest BCUT2D eigenvalue weighted by Crippen LogP contribution is -2.13. The number of benzene rings is 2. The van der Waals surface area contributed by atoms with Crippen LogP contribution in [0.5, 0.6) is 0 Å². The minimum atomic E-state index is 0.563. The maximum absolute atomic E-state index is 6.02. The topological polar surface area (TPSA) is 0 Å². The van der Waals surface area contributed by atoms with Gasteiger partial charge in [-0.05, 0) is 41.8 Å². The van der Waals surface area contributed by atoms with E-state index in [4.69, 9.17) is 23.2 Å². The average Bonchev–Trinajstić information content (AvgIpc) is 2.27. The third kappa shape index (κ3) is 2.54. The fraction of sp³-hybridized carbons (Fsp3) is 0.200. The van der Waals surface area contributed by atoms with Gasteiger partial charge in [-0.25, -0.2) is 0 Å². The molecule has 92 valence electrons. The normalized spacial score (nSPS) is 22.6. The molecule has 0 aromatic heterocycles. The monoisotopic (exact) mass is 294 g/mol. The third-order valence-electron chi connectivity index (χ3n) is 3.20. The van der Waals surface area contributed by atoms with Gasteiger partial charge >= 0.3 is 0 Å². The van der Waals surface area contributed by atoms with Crippen LogP contribution < -0.4 is 0 Å². The molecule has 2 atom stereocenters. The highest BCUT2D eigenvalue weighted by molar-refractivity contribution is 8.01. The first-order valence-corrected chi connectivity index (χ1v) is 7.58. The second-order valence-corrected chi connectivity index (χ2v) is 6.74. The standard InChI is InChI=1S/C15H12Cl2S/c16-12-5-1-3-10(7-12)14-9-15(18-14)11-4-2-6-13(17)8-11/h1-8,14-15H,9H2. The SMILES string of the molecule is Clc1cccc(C2CC(c3cccc(Cl)c3)S2)c1. The first-order valence-electron chi connectivity index (χ1n) is 5.89. The summed E-state index contributed by atoms with van der Waals surface area (Å²) < 4.78 is 0. The van der Waals surface area contributed by atoms with E-state index in [1.807, 2.05) is 36.0 Å². The van der Waals surface area contributed by atoms with Gasteiger partial charge in [0.1, 0.15) is 0 Å². The summed E-state index contributed by atoms with van der Waals surface area (Å²) in [5.74, 6) is 0. The van der Waals surface area contributed by atoms with E-state index < -0.39 is 0 Å². The van der Waals surface area contributed by atoms with Gasteiger partial charge in [-0.15, -0.1) is 11.8 Å². The molecule has 0 bridgehead atoms. The van der Waals surface area contributed by atoms with Crippen molar-refractivity contribution in [2.24, 2.45) is 0 Å². The Morgan fingerprint density at radius 2 is 1.28 bits per heavy atom. The highest BCUT2D eigenvalue weighted by atomic mass is 35.5. The van der Waals surface area contributed by atoms with Crippen molar-refractivity contribution in [2.75, 3.05) is 0 Å². The van der Waals surface area contributed by atoms with Crippen molar-refractivity contribution in [3.8, 4) is 0 Å². The zero-order chi connectivity index (χ0) is 12.5. The minimum Gasteiger partial charge on any atom is -0.145 e. The summed E-state index contributed by atoms with van der Waals surface area (Å²) in [6, 6.07) is 16.3. The summed E-state index contributed by atoms with van der Waals surface area (Å²) in [6.45, 7) is 0. The fourth-order valence-corrected chi connectivity index (χ4v) is 3.87. The van der Waals surface area contributed by atoms with Crippen molar-refractivity contribution in [1.29, 1.82) is 0 Å². The van der Waals surface area contributed by atoms with Crippen molar-refractivity contribution in [3.05, 3.63) is 69.7 Å². The van der Waals surface area contributed by atoms with Gasteiger partial charge in [-0.3, -0.25) is 0 Å². The lowest BCUT2D eigenvalue weighted by atomic mass is 10.0. The van der Waals surface area contributed by atoms with Crippen LogP contribution in [-0.2, 0) is 0 Å². The molecule has 1 aliphatic heterocycles. The Morgan fingerprint density at radius 1 is 0.833 bits per heavy atom. The van der Waals surface area contributed by atoms with E-state index in [0.717, 1.165) is 16.5 Å².